The van der Waals surface area contributed by atoms with E-state index in [1.54, 1.807) is 13.2 Å². The van der Waals surface area contributed by atoms with Gasteiger partial charge in [0.25, 0.3) is 5.56 Å². The first-order chi connectivity index (χ1) is 16.3. The Labute approximate surface area is 203 Å². The number of aryl methyl sites for hydroxylation is 1. The maximum Gasteiger partial charge on any atom is 0.332 e. The molecule has 2 aromatic heterocycles. The Balaban J connectivity index is 2.08. The zero-order valence-electron chi connectivity index (χ0n) is 19.8. The van der Waals surface area contributed by atoms with Gasteiger partial charge < -0.3 is 5.11 Å². The van der Waals surface area contributed by atoms with Gasteiger partial charge in [0, 0.05) is 37.0 Å². The van der Waals surface area contributed by atoms with E-state index in [4.69, 9.17) is 11.6 Å². The molecule has 1 aliphatic carbocycles. The number of halogens is 1. The summed E-state index contributed by atoms with van der Waals surface area (Å²) in [5.41, 5.74) is 4.81. The number of fused-ring (bicyclic) bond motifs is 1. The summed E-state index contributed by atoms with van der Waals surface area (Å²) in [6.45, 7) is 4.43. The molecule has 0 saturated heterocycles. The average molecular weight is 480 g/mol. The number of pyridine rings is 1. The van der Waals surface area contributed by atoms with Crippen molar-refractivity contribution in [2.45, 2.75) is 46.1 Å². The second kappa shape index (κ2) is 10.1. The normalized spacial score (nSPS) is 13.9. The van der Waals surface area contributed by atoms with E-state index < -0.39 is 5.69 Å². The van der Waals surface area contributed by atoms with E-state index >= 15 is 0 Å². The van der Waals surface area contributed by atoms with Crippen LogP contribution in [0.25, 0.3) is 16.6 Å². The fraction of sp³-hybridized carbons (Fsp3) is 0.370. The molecule has 0 atom stereocenters. The highest BCUT2D eigenvalue weighted by molar-refractivity contribution is 6.30. The van der Waals surface area contributed by atoms with Crippen molar-refractivity contribution in [1.82, 2.24) is 14.1 Å². The number of hydrogen-bond donors (Lipinski definition) is 1. The Bertz CT molecular complexity index is 1400. The van der Waals surface area contributed by atoms with Crippen LogP contribution in [0.15, 0.2) is 57.8 Å². The molecule has 34 heavy (non-hydrogen) atoms. The van der Waals surface area contributed by atoms with Crippen molar-refractivity contribution in [1.29, 1.82) is 0 Å². The zero-order chi connectivity index (χ0) is 24.4. The van der Waals surface area contributed by atoms with Crippen LogP contribution in [0.3, 0.4) is 0 Å². The molecule has 0 bridgehead atoms. The van der Waals surface area contributed by atoms with E-state index in [1.165, 1.54) is 14.7 Å². The van der Waals surface area contributed by atoms with Crippen molar-refractivity contribution >= 4 is 28.2 Å². The molecule has 2 heterocycles. The third kappa shape index (κ3) is 4.52. The first-order valence-electron chi connectivity index (χ1n) is 11.7. The third-order valence-corrected chi connectivity index (χ3v) is 6.74. The van der Waals surface area contributed by atoms with Crippen molar-refractivity contribution in [3.05, 3.63) is 90.7 Å². The van der Waals surface area contributed by atoms with E-state index in [1.807, 2.05) is 24.3 Å². The van der Waals surface area contributed by atoms with E-state index in [0.717, 1.165) is 35.1 Å². The number of aliphatic hydroxyl groups is 1. The second-order valence-electron chi connectivity index (χ2n) is 9.06. The predicted octanol–water partition coefficient (Wildman–Crippen LogP) is 4.48. The van der Waals surface area contributed by atoms with Crippen LogP contribution in [0.4, 0.5) is 0 Å². The molecule has 7 heteroatoms. The number of hydrogen-bond acceptors (Lipinski definition) is 4. The molecule has 6 nitrogen and oxygen atoms in total. The lowest BCUT2D eigenvalue weighted by atomic mass is 9.83. The van der Waals surface area contributed by atoms with Crippen molar-refractivity contribution < 1.29 is 5.11 Å². The number of rotatable bonds is 7. The van der Waals surface area contributed by atoms with Crippen LogP contribution in [0.5, 0.6) is 0 Å². The van der Waals surface area contributed by atoms with Gasteiger partial charge >= 0.3 is 5.69 Å². The van der Waals surface area contributed by atoms with Gasteiger partial charge in [-0.25, -0.2) is 9.78 Å². The monoisotopic (exact) mass is 479 g/mol. The molecule has 0 aliphatic heterocycles. The Morgan fingerprint density at radius 3 is 2.59 bits per heavy atom. The number of nitrogens with zero attached hydrogens (tertiary/aromatic N) is 3. The maximum atomic E-state index is 13.7. The van der Waals surface area contributed by atoms with Gasteiger partial charge in [-0.1, -0.05) is 55.3 Å². The number of benzene rings is 1. The van der Waals surface area contributed by atoms with E-state index in [0.29, 0.717) is 34.8 Å². The van der Waals surface area contributed by atoms with E-state index in [9.17, 15) is 14.7 Å². The van der Waals surface area contributed by atoms with Crippen molar-refractivity contribution in [3.8, 4) is 0 Å². The quantitative estimate of drug-likeness (QED) is 0.542. The Kier molecular flexibility index (Phi) is 7.19. The summed E-state index contributed by atoms with van der Waals surface area (Å²) >= 11 is 6.11. The Hall–Kier alpha value is -2.96. The summed E-state index contributed by atoms with van der Waals surface area (Å²) in [5, 5.41) is 10.4. The van der Waals surface area contributed by atoms with Crippen LogP contribution in [-0.2, 0) is 20.0 Å². The number of allylic oxidation sites excluding steroid dienone is 4. The predicted molar refractivity (Wildman–Crippen MR) is 137 cm³/mol. The van der Waals surface area contributed by atoms with Gasteiger partial charge in [-0.2, -0.15) is 0 Å². The SMILES string of the molecule is CC(C)C1=C(c2cnc3c(c2Cc2ccc(Cl)cc2)c(=O)n(CCCO)c(=O)n3C)C=CCC1. The van der Waals surface area contributed by atoms with E-state index in [2.05, 4.69) is 31.0 Å². The molecule has 0 spiro atoms. The van der Waals surface area contributed by atoms with Crippen LogP contribution in [0.1, 0.15) is 49.8 Å². The molecule has 3 aromatic rings. The fourth-order valence-electron chi connectivity index (χ4n) is 4.70. The molecule has 0 radical (unpaired) electrons. The minimum absolute atomic E-state index is 0.0982. The first-order valence-corrected chi connectivity index (χ1v) is 12.1. The molecule has 1 N–H and O–H groups in total. The standard InChI is InChI=1S/C27H30ClN3O3/c1-17(2)20-7-4-5-8-21(20)23-16-29-25-24(22(23)15-18-9-11-19(28)12-10-18)26(33)31(13-6-14-32)27(34)30(25)3/h5,8-12,16-17,32H,4,6-7,13-15H2,1-3H3. The maximum absolute atomic E-state index is 13.7. The molecule has 0 saturated carbocycles. The fourth-order valence-corrected chi connectivity index (χ4v) is 4.83. The number of aliphatic hydroxyl groups excluding tert-OH is 1. The van der Waals surface area contributed by atoms with Crippen molar-refractivity contribution in [2.24, 2.45) is 13.0 Å². The summed E-state index contributed by atoms with van der Waals surface area (Å²) in [7, 11) is 1.64. The minimum atomic E-state index is -0.428. The second-order valence-corrected chi connectivity index (χ2v) is 9.50. The van der Waals surface area contributed by atoms with Crippen LogP contribution in [0.2, 0.25) is 5.02 Å². The van der Waals surface area contributed by atoms with Gasteiger partial charge in [-0.3, -0.25) is 13.9 Å². The largest absolute Gasteiger partial charge is 0.396 e. The lowest BCUT2D eigenvalue weighted by Crippen LogP contribution is -2.40. The molecule has 178 valence electrons. The number of aromatic nitrogens is 3. The third-order valence-electron chi connectivity index (χ3n) is 6.49. The minimum Gasteiger partial charge on any atom is -0.396 e. The zero-order valence-corrected chi connectivity index (χ0v) is 20.6. The highest BCUT2D eigenvalue weighted by Gasteiger charge is 2.22. The van der Waals surface area contributed by atoms with Crippen molar-refractivity contribution in [3.63, 3.8) is 0 Å². The van der Waals surface area contributed by atoms with Gasteiger partial charge in [0.1, 0.15) is 5.65 Å². The summed E-state index contributed by atoms with van der Waals surface area (Å²) in [4.78, 5) is 31.2. The van der Waals surface area contributed by atoms with Crippen LogP contribution in [-0.4, -0.2) is 25.8 Å². The molecule has 1 aromatic carbocycles. The Morgan fingerprint density at radius 1 is 1.18 bits per heavy atom. The van der Waals surface area contributed by atoms with Gasteiger partial charge in [-0.15, -0.1) is 0 Å². The molecular weight excluding hydrogens is 450 g/mol. The highest BCUT2D eigenvalue weighted by atomic mass is 35.5. The highest BCUT2D eigenvalue weighted by Crippen LogP contribution is 2.35. The first kappa shape index (κ1) is 24.2. The molecule has 1 aliphatic rings. The van der Waals surface area contributed by atoms with Gasteiger partial charge in [0.15, 0.2) is 0 Å². The van der Waals surface area contributed by atoms with Gasteiger partial charge in [-0.05, 0) is 60.4 Å². The van der Waals surface area contributed by atoms with Crippen LogP contribution in [0, 0.1) is 5.92 Å². The van der Waals surface area contributed by atoms with Gasteiger partial charge in [0.2, 0.25) is 0 Å². The molecule has 0 unspecified atom stereocenters. The molecule has 4 rings (SSSR count). The summed E-state index contributed by atoms with van der Waals surface area (Å²) in [5.74, 6) is 0.361. The summed E-state index contributed by atoms with van der Waals surface area (Å²) in [6.07, 6.45) is 8.89. The van der Waals surface area contributed by atoms with Crippen LogP contribution >= 0.6 is 11.6 Å². The topological polar surface area (TPSA) is 77.1 Å². The van der Waals surface area contributed by atoms with Crippen molar-refractivity contribution in [2.75, 3.05) is 6.61 Å². The lowest BCUT2D eigenvalue weighted by molar-refractivity contribution is 0.277. The van der Waals surface area contributed by atoms with E-state index in [-0.39, 0.29) is 18.7 Å². The molecule has 0 fully saturated rings. The molecular formula is C27H30ClN3O3. The summed E-state index contributed by atoms with van der Waals surface area (Å²) < 4.78 is 2.64. The average Bonchev–Trinajstić information content (AvgIpc) is 2.83. The smallest absolute Gasteiger partial charge is 0.332 e. The lowest BCUT2D eigenvalue weighted by Gasteiger charge is -2.23. The molecule has 0 amide bonds. The Morgan fingerprint density at radius 2 is 1.91 bits per heavy atom. The van der Waals surface area contributed by atoms with Gasteiger partial charge in [0.05, 0.1) is 5.39 Å². The van der Waals surface area contributed by atoms with Crippen LogP contribution < -0.4 is 11.2 Å². The summed E-state index contributed by atoms with van der Waals surface area (Å²) in [6, 6.07) is 7.60.